The molecule has 38 heavy (non-hydrogen) atoms. The van der Waals surface area contributed by atoms with Gasteiger partial charge in [0.05, 0.1) is 16.9 Å². The number of aromatic nitrogens is 1. The molecule has 2 aliphatic heterocycles. The van der Waals surface area contributed by atoms with Crippen molar-refractivity contribution in [1.82, 2.24) is 9.88 Å². The van der Waals surface area contributed by atoms with Gasteiger partial charge in [-0.05, 0) is 73.7 Å². The van der Waals surface area contributed by atoms with Crippen LogP contribution < -0.4 is 4.74 Å². The number of likely N-dealkylation sites (tertiary alicyclic amines) is 1. The third-order valence-corrected chi connectivity index (χ3v) is 8.69. The van der Waals surface area contributed by atoms with Crippen LogP contribution in [0.4, 0.5) is 0 Å². The highest BCUT2D eigenvalue weighted by Crippen LogP contribution is 2.46. The lowest BCUT2D eigenvalue weighted by Crippen LogP contribution is -2.55. The standard InChI is InChI=1S/C32H37BrN2O3/c1-30(2)21-35(18-15-32(30,37)22-9-12-24(33)13-10-22)17-6-8-25-26-7-5-16-34-28(26)20-38-29-14-11-23(19-27(25)29)31(3,4)36/h5,7-14,16,19,36-37H,6,15,17-18,20-21H2,1-4H3/b25-8+/t32-/m0/s1. The summed E-state index contributed by atoms with van der Waals surface area (Å²) in [6.07, 6.45) is 5.63. The zero-order valence-electron chi connectivity index (χ0n) is 22.7. The van der Waals surface area contributed by atoms with Crippen molar-refractivity contribution >= 4 is 21.5 Å². The Hall–Kier alpha value is -2.51. The number of hydrogen-bond donors (Lipinski definition) is 2. The first-order valence-electron chi connectivity index (χ1n) is 13.3. The zero-order valence-corrected chi connectivity index (χ0v) is 24.3. The highest BCUT2D eigenvalue weighted by atomic mass is 79.9. The molecule has 2 aliphatic rings. The zero-order chi connectivity index (χ0) is 27.1. The van der Waals surface area contributed by atoms with Gasteiger partial charge >= 0.3 is 0 Å². The van der Waals surface area contributed by atoms with Gasteiger partial charge in [-0.3, -0.25) is 4.98 Å². The predicted molar refractivity (Wildman–Crippen MR) is 155 cm³/mol. The van der Waals surface area contributed by atoms with Gasteiger partial charge < -0.3 is 19.8 Å². The molecule has 0 bridgehead atoms. The molecule has 1 atom stereocenters. The summed E-state index contributed by atoms with van der Waals surface area (Å²) in [7, 11) is 0. The number of piperidine rings is 1. The molecule has 0 spiro atoms. The van der Waals surface area contributed by atoms with Crippen LogP contribution in [0.3, 0.4) is 0 Å². The Morgan fingerprint density at radius 2 is 1.87 bits per heavy atom. The minimum Gasteiger partial charge on any atom is -0.487 e. The fourth-order valence-electron chi connectivity index (χ4n) is 5.83. The van der Waals surface area contributed by atoms with E-state index < -0.39 is 11.2 Å². The maximum atomic E-state index is 11.8. The number of nitrogens with zero attached hydrogens (tertiary/aromatic N) is 2. The molecule has 5 rings (SSSR count). The second kappa shape index (κ2) is 10.2. The van der Waals surface area contributed by atoms with Crippen LogP contribution in [0.25, 0.3) is 5.57 Å². The molecule has 3 aromatic rings. The normalized spacial score (nSPS) is 22.3. The number of benzene rings is 2. The molecule has 0 saturated carbocycles. The first kappa shape index (κ1) is 27.1. The molecule has 2 aromatic carbocycles. The van der Waals surface area contributed by atoms with E-state index in [1.165, 1.54) is 0 Å². The number of fused-ring (bicyclic) bond motifs is 2. The molecule has 0 amide bonds. The summed E-state index contributed by atoms with van der Waals surface area (Å²) in [4.78, 5) is 7.05. The minimum atomic E-state index is -0.949. The largest absolute Gasteiger partial charge is 0.487 e. The number of aliphatic hydroxyl groups is 2. The molecule has 0 unspecified atom stereocenters. The Morgan fingerprint density at radius 1 is 1.11 bits per heavy atom. The van der Waals surface area contributed by atoms with E-state index in [9.17, 15) is 10.2 Å². The molecule has 1 aromatic heterocycles. The third-order valence-electron chi connectivity index (χ3n) is 8.16. The van der Waals surface area contributed by atoms with Gasteiger partial charge in [-0.1, -0.05) is 60.1 Å². The van der Waals surface area contributed by atoms with Gasteiger partial charge in [-0.15, -0.1) is 0 Å². The summed E-state index contributed by atoms with van der Waals surface area (Å²) in [5, 5.41) is 22.4. The maximum Gasteiger partial charge on any atom is 0.131 e. The van der Waals surface area contributed by atoms with Gasteiger partial charge in [0.25, 0.3) is 0 Å². The van der Waals surface area contributed by atoms with E-state index in [1.54, 1.807) is 20.0 Å². The Morgan fingerprint density at radius 3 is 2.58 bits per heavy atom. The van der Waals surface area contributed by atoms with Crippen molar-refractivity contribution in [2.24, 2.45) is 5.41 Å². The Labute approximate surface area is 234 Å². The fraction of sp³-hybridized carbons (Fsp3) is 0.406. The van der Waals surface area contributed by atoms with Crippen molar-refractivity contribution in [3.8, 4) is 5.75 Å². The van der Waals surface area contributed by atoms with E-state index >= 15 is 0 Å². The van der Waals surface area contributed by atoms with E-state index in [0.29, 0.717) is 13.0 Å². The van der Waals surface area contributed by atoms with Crippen LogP contribution in [-0.4, -0.2) is 39.7 Å². The van der Waals surface area contributed by atoms with Gasteiger partial charge in [0.15, 0.2) is 0 Å². The average Bonchev–Trinajstić information content (AvgIpc) is 3.02. The van der Waals surface area contributed by atoms with Crippen LogP contribution in [0.2, 0.25) is 0 Å². The van der Waals surface area contributed by atoms with E-state index in [-0.39, 0.29) is 5.41 Å². The summed E-state index contributed by atoms with van der Waals surface area (Å²) in [6.45, 7) is 10.9. The second-order valence-corrected chi connectivity index (χ2v) is 12.7. The highest BCUT2D eigenvalue weighted by Gasteiger charge is 2.48. The summed E-state index contributed by atoms with van der Waals surface area (Å²) in [6, 6.07) is 18.1. The molecular weight excluding hydrogens is 540 g/mol. The van der Waals surface area contributed by atoms with Crippen molar-refractivity contribution < 1.29 is 14.9 Å². The van der Waals surface area contributed by atoms with Crippen LogP contribution in [0, 0.1) is 5.41 Å². The predicted octanol–water partition coefficient (Wildman–Crippen LogP) is 6.41. The number of hydrogen-bond acceptors (Lipinski definition) is 5. The monoisotopic (exact) mass is 576 g/mol. The summed E-state index contributed by atoms with van der Waals surface area (Å²) in [5.41, 5.74) is 3.79. The highest BCUT2D eigenvalue weighted by molar-refractivity contribution is 9.10. The minimum absolute atomic E-state index is 0.299. The fourth-order valence-corrected chi connectivity index (χ4v) is 6.09. The number of halogens is 1. The SMILES string of the molecule is CC(C)(O)c1ccc2c(c1)/C(=C/CCN1CC[C@](O)(c3ccc(Br)cc3)C(C)(C)C1)c1cccnc1CO2. The van der Waals surface area contributed by atoms with Crippen molar-refractivity contribution in [3.05, 3.63) is 99.3 Å². The van der Waals surface area contributed by atoms with E-state index in [2.05, 4.69) is 51.8 Å². The Kier molecular flexibility index (Phi) is 7.29. The second-order valence-electron chi connectivity index (χ2n) is 11.7. The maximum absolute atomic E-state index is 11.8. The first-order chi connectivity index (χ1) is 18.0. The van der Waals surface area contributed by atoms with Crippen molar-refractivity contribution in [3.63, 3.8) is 0 Å². The van der Waals surface area contributed by atoms with E-state index in [0.717, 1.165) is 69.8 Å². The van der Waals surface area contributed by atoms with E-state index in [1.807, 2.05) is 48.5 Å². The van der Waals surface area contributed by atoms with Crippen LogP contribution in [0.5, 0.6) is 5.75 Å². The topological polar surface area (TPSA) is 65.8 Å². The number of rotatable bonds is 5. The molecule has 0 radical (unpaired) electrons. The van der Waals surface area contributed by atoms with Gasteiger partial charge in [0.2, 0.25) is 0 Å². The Bertz CT molecular complexity index is 1340. The molecule has 200 valence electrons. The molecule has 2 N–H and O–H groups in total. The quantitative estimate of drug-likeness (QED) is 0.367. The van der Waals surface area contributed by atoms with Crippen LogP contribution in [0.15, 0.2) is 71.3 Å². The van der Waals surface area contributed by atoms with E-state index in [4.69, 9.17) is 4.74 Å². The van der Waals surface area contributed by atoms with Gasteiger partial charge in [0, 0.05) is 46.8 Å². The van der Waals surface area contributed by atoms with Crippen LogP contribution >= 0.6 is 15.9 Å². The smallest absolute Gasteiger partial charge is 0.131 e. The number of ether oxygens (including phenoxy) is 1. The lowest BCUT2D eigenvalue weighted by Gasteiger charge is -2.50. The lowest BCUT2D eigenvalue weighted by molar-refractivity contribution is -0.125. The lowest BCUT2D eigenvalue weighted by atomic mass is 9.66. The summed E-state index contributed by atoms with van der Waals surface area (Å²) < 4.78 is 7.16. The van der Waals surface area contributed by atoms with Crippen molar-refractivity contribution in [2.75, 3.05) is 19.6 Å². The summed E-state index contributed by atoms with van der Waals surface area (Å²) in [5.74, 6) is 0.806. The first-order valence-corrected chi connectivity index (χ1v) is 14.1. The average molecular weight is 578 g/mol. The molecule has 3 heterocycles. The molecule has 1 saturated heterocycles. The van der Waals surface area contributed by atoms with Gasteiger partial charge in [-0.25, -0.2) is 0 Å². The molecule has 1 fully saturated rings. The molecule has 6 heteroatoms. The van der Waals surface area contributed by atoms with Gasteiger partial charge in [-0.2, -0.15) is 0 Å². The van der Waals surface area contributed by atoms with Crippen LogP contribution in [-0.2, 0) is 17.8 Å². The molecule has 0 aliphatic carbocycles. The molecular formula is C32H37BrN2O3. The van der Waals surface area contributed by atoms with Crippen LogP contribution in [0.1, 0.15) is 68.5 Å². The van der Waals surface area contributed by atoms with Crippen molar-refractivity contribution in [1.29, 1.82) is 0 Å². The Balaban J connectivity index is 1.39. The third kappa shape index (κ3) is 5.20. The number of pyridine rings is 1. The van der Waals surface area contributed by atoms with Crippen molar-refractivity contribution in [2.45, 2.75) is 58.3 Å². The summed E-state index contributed by atoms with van der Waals surface area (Å²) >= 11 is 3.51. The molecule has 5 nitrogen and oxygen atoms in total. The van der Waals surface area contributed by atoms with Gasteiger partial charge in [0.1, 0.15) is 12.4 Å².